The molecule has 0 aromatic rings. The summed E-state index contributed by atoms with van der Waals surface area (Å²) in [5, 5.41) is 17.4. The van der Waals surface area contributed by atoms with Crippen LogP contribution in [-0.2, 0) is 14.3 Å². The zero-order valence-corrected chi connectivity index (χ0v) is 7.36. The van der Waals surface area contributed by atoms with Crippen molar-refractivity contribution in [1.82, 2.24) is 0 Å². The summed E-state index contributed by atoms with van der Waals surface area (Å²) in [6.07, 6.45) is 0.187. The van der Waals surface area contributed by atoms with Gasteiger partial charge in [-0.05, 0) is 0 Å². The second kappa shape index (κ2) is 4.55. The SMILES string of the molecule is O=C(O)CC1(CCO)COCCO1. The van der Waals surface area contributed by atoms with Gasteiger partial charge in [0.15, 0.2) is 0 Å². The average molecular weight is 190 g/mol. The molecule has 1 heterocycles. The van der Waals surface area contributed by atoms with Crippen LogP contribution in [0.4, 0.5) is 0 Å². The molecule has 2 N–H and O–H groups in total. The number of hydrogen-bond acceptors (Lipinski definition) is 4. The number of hydrogen-bond donors (Lipinski definition) is 2. The highest BCUT2D eigenvalue weighted by Crippen LogP contribution is 2.24. The Bertz CT molecular complexity index is 168. The van der Waals surface area contributed by atoms with Crippen molar-refractivity contribution >= 4 is 5.97 Å². The molecule has 0 spiro atoms. The third-order valence-corrected chi connectivity index (χ3v) is 2.04. The fourth-order valence-corrected chi connectivity index (χ4v) is 1.43. The van der Waals surface area contributed by atoms with Gasteiger partial charge < -0.3 is 19.7 Å². The van der Waals surface area contributed by atoms with Crippen LogP contribution in [0, 0.1) is 0 Å². The molecule has 1 fully saturated rings. The third kappa shape index (κ3) is 2.95. The lowest BCUT2D eigenvalue weighted by atomic mass is 9.96. The van der Waals surface area contributed by atoms with E-state index in [1.807, 2.05) is 0 Å². The average Bonchev–Trinajstić information content (AvgIpc) is 2.04. The largest absolute Gasteiger partial charge is 0.481 e. The minimum absolute atomic E-state index is 0.0867. The van der Waals surface area contributed by atoms with Crippen molar-refractivity contribution in [1.29, 1.82) is 0 Å². The van der Waals surface area contributed by atoms with E-state index < -0.39 is 11.6 Å². The van der Waals surface area contributed by atoms with Gasteiger partial charge in [0.05, 0.1) is 26.2 Å². The van der Waals surface area contributed by atoms with Crippen LogP contribution in [0.1, 0.15) is 12.8 Å². The molecule has 5 nitrogen and oxygen atoms in total. The number of ether oxygens (including phenoxy) is 2. The van der Waals surface area contributed by atoms with Crippen LogP contribution in [0.3, 0.4) is 0 Å². The number of carboxylic acids is 1. The van der Waals surface area contributed by atoms with Crippen molar-refractivity contribution in [3.63, 3.8) is 0 Å². The first-order valence-electron chi connectivity index (χ1n) is 4.23. The molecule has 1 atom stereocenters. The van der Waals surface area contributed by atoms with Crippen LogP contribution in [0.25, 0.3) is 0 Å². The van der Waals surface area contributed by atoms with Crippen molar-refractivity contribution in [3.05, 3.63) is 0 Å². The summed E-state index contributed by atoms with van der Waals surface area (Å²) in [6.45, 7) is 1.05. The fraction of sp³-hybridized carbons (Fsp3) is 0.875. The summed E-state index contributed by atoms with van der Waals surface area (Å²) in [7, 11) is 0. The molecule has 0 amide bonds. The van der Waals surface area contributed by atoms with Gasteiger partial charge in [0.25, 0.3) is 0 Å². The number of carboxylic acid groups (broad SMARTS) is 1. The Hall–Kier alpha value is -0.650. The van der Waals surface area contributed by atoms with Crippen molar-refractivity contribution < 1.29 is 24.5 Å². The normalized spacial score (nSPS) is 28.7. The molecular formula is C8H14O5. The predicted octanol–water partition coefficient (Wildman–Crippen LogP) is -0.371. The molecule has 0 aromatic carbocycles. The standard InChI is InChI=1S/C8H14O5/c9-2-1-8(5-7(10)11)6-12-3-4-13-8/h9H,1-6H2,(H,10,11). The topological polar surface area (TPSA) is 76.0 Å². The second-order valence-corrected chi connectivity index (χ2v) is 3.13. The lowest BCUT2D eigenvalue weighted by molar-refractivity contribution is -0.179. The molecule has 1 aliphatic rings. The van der Waals surface area contributed by atoms with E-state index in [0.29, 0.717) is 19.6 Å². The molecule has 1 aliphatic heterocycles. The molecule has 1 rings (SSSR count). The van der Waals surface area contributed by atoms with Gasteiger partial charge in [0, 0.05) is 13.0 Å². The molecule has 76 valence electrons. The smallest absolute Gasteiger partial charge is 0.306 e. The number of aliphatic hydroxyl groups is 1. The molecule has 5 heteroatoms. The van der Waals surface area contributed by atoms with Gasteiger partial charge in [-0.2, -0.15) is 0 Å². The highest BCUT2D eigenvalue weighted by atomic mass is 16.6. The van der Waals surface area contributed by atoms with Crippen LogP contribution >= 0.6 is 0 Å². The Morgan fingerprint density at radius 2 is 2.23 bits per heavy atom. The van der Waals surface area contributed by atoms with E-state index in [9.17, 15) is 4.79 Å². The molecule has 0 radical (unpaired) electrons. The van der Waals surface area contributed by atoms with Crippen LogP contribution in [0.15, 0.2) is 0 Å². The number of aliphatic carboxylic acids is 1. The Labute approximate surface area is 76.3 Å². The van der Waals surface area contributed by atoms with E-state index in [0.717, 1.165) is 0 Å². The van der Waals surface area contributed by atoms with E-state index in [4.69, 9.17) is 19.7 Å². The van der Waals surface area contributed by atoms with E-state index in [1.54, 1.807) is 0 Å². The van der Waals surface area contributed by atoms with E-state index in [-0.39, 0.29) is 19.6 Å². The first kappa shape index (κ1) is 10.4. The molecular weight excluding hydrogens is 176 g/mol. The Balaban J connectivity index is 2.55. The van der Waals surface area contributed by atoms with Crippen LogP contribution in [-0.4, -0.2) is 48.2 Å². The summed E-state index contributed by atoms with van der Waals surface area (Å²) in [5.74, 6) is -0.932. The van der Waals surface area contributed by atoms with Crippen molar-refractivity contribution in [2.45, 2.75) is 18.4 Å². The van der Waals surface area contributed by atoms with E-state index >= 15 is 0 Å². The van der Waals surface area contributed by atoms with Gasteiger partial charge in [-0.3, -0.25) is 4.79 Å². The van der Waals surface area contributed by atoms with Gasteiger partial charge in [0.1, 0.15) is 5.60 Å². The van der Waals surface area contributed by atoms with Crippen molar-refractivity contribution in [3.8, 4) is 0 Å². The number of carbonyl (C=O) groups is 1. The molecule has 0 bridgehead atoms. The van der Waals surface area contributed by atoms with Crippen molar-refractivity contribution in [2.75, 3.05) is 26.4 Å². The number of rotatable bonds is 4. The molecule has 1 unspecified atom stereocenters. The van der Waals surface area contributed by atoms with Gasteiger partial charge >= 0.3 is 5.97 Å². The molecule has 0 aliphatic carbocycles. The first-order chi connectivity index (χ1) is 6.18. The van der Waals surface area contributed by atoms with Crippen LogP contribution in [0.2, 0.25) is 0 Å². The zero-order valence-electron chi connectivity index (χ0n) is 7.36. The highest BCUT2D eigenvalue weighted by Gasteiger charge is 2.36. The number of aliphatic hydroxyl groups excluding tert-OH is 1. The van der Waals surface area contributed by atoms with E-state index in [1.165, 1.54) is 0 Å². The third-order valence-electron chi connectivity index (χ3n) is 2.04. The minimum Gasteiger partial charge on any atom is -0.481 e. The highest BCUT2D eigenvalue weighted by molar-refractivity contribution is 5.68. The lowest BCUT2D eigenvalue weighted by Crippen LogP contribution is -2.45. The molecule has 13 heavy (non-hydrogen) atoms. The van der Waals surface area contributed by atoms with Gasteiger partial charge in [-0.1, -0.05) is 0 Å². The second-order valence-electron chi connectivity index (χ2n) is 3.13. The van der Waals surface area contributed by atoms with Crippen LogP contribution in [0.5, 0.6) is 0 Å². The predicted molar refractivity (Wildman–Crippen MR) is 43.5 cm³/mol. The van der Waals surface area contributed by atoms with E-state index in [2.05, 4.69) is 0 Å². The van der Waals surface area contributed by atoms with Crippen LogP contribution < -0.4 is 0 Å². The first-order valence-corrected chi connectivity index (χ1v) is 4.23. The van der Waals surface area contributed by atoms with Crippen molar-refractivity contribution in [2.24, 2.45) is 0 Å². The molecule has 0 aromatic heterocycles. The molecule has 0 saturated carbocycles. The van der Waals surface area contributed by atoms with Gasteiger partial charge in [-0.15, -0.1) is 0 Å². The summed E-state index contributed by atoms with van der Waals surface area (Å²) in [6, 6.07) is 0. The summed E-state index contributed by atoms with van der Waals surface area (Å²) < 4.78 is 10.5. The minimum atomic E-state index is -0.932. The fourth-order valence-electron chi connectivity index (χ4n) is 1.43. The lowest BCUT2D eigenvalue weighted by Gasteiger charge is -2.35. The quantitative estimate of drug-likeness (QED) is 0.632. The monoisotopic (exact) mass is 190 g/mol. The summed E-state index contributed by atoms with van der Waals surface area (Å²) in [5.41, 5.74) is -0.821. The maximum Gasteiger partial charge on any atom is 0.306 e. The van der Waals surface area contributed by atoms with Gasteiger partial charge in [-0.25, -0.2) is 0 Å². The maximum atomic E-state index is 10.5. The summed E-state index contributed by atoms with van der Waals surface area (Å²) >= 11 is 0. The van der Waals surface area contributed by atoms with Gasteiger partial charge in [0.2, 0.25) is 0 Å². The summed E-state index contributed by atoms with van der Waals surface area (Å²) in [4.78, 5) is 10.5. The Morgan fingerprint density at radius 3 is 2.69 bits per heavy atom. The zero-order chi connectivity index (χ0) is 9.73. The maximum absolute atomic E-state index is 10.5. The Morgan fingerprint density at radius 1 is 1.46 bits per heavy atom. The Kier molecular flexibility index (Phi) is 3.65. The molecule has 1 saturated heterocycles.